The molecule has 0 aliphatic carbocycles. The number of allylic oxidation sites excluding steroid dienone is 26. The number of unbranched alkanes of at least 4 members (excludes halogenated alkanes) is 11. The Kier molecular flexibility index (Phi) is 52.2. The molecule has 428 valence electrons. The number of rotatable bonds is 51. The summed E-state index contributed by atoms with van der Waals surface area (Å²) in [7, 11) is 1.43. The summed E-state index contributed by atoms with van der Waals surface area (Å²) in [6.45, 7) is 4.13. The van der Waals surface area contributed by atoms with Gasteiger partial charge in [-0.25, -0.2) is 4.57 Å². The van der Waals surface area contributed by atoms with Crippen LogP contribution in [0.5, 0.6) is 0 Å². The first kappa shape index (κ1) is 71.6. The molecule has 0 amide bonds. The molecule has 0 fully saturated rings. The van der Waals surface area contributed by atoms with Crippen molar-refractivity contribution >= 4 is 19.8 Å². The summed E-state index contributed by atoms with van der Waals surface area (Å²) in [5.41, 5.74) is 0. The fraction of sp³-hybridized carbons (Fsp3) is 0.576. The second kappa shape index (κ2) is 55.4. The Morgan fingerprint density at radius 2 is 0.711 bits per heavy atom. The Hall–Kier alpha value is -4.37. The zero-order valence-corrected chi connectivity index (χ0v) is 49.3. The number of nitrogens with zero attached hydrogens (tertiary/aromatic N) is 1. The average Bonchev–Trinajstić information content (AvgIpc) is 3.38. The lowest BCUT2D eigenvalue weighted by atomic mass is 10.1. The molecule has 0 aliphatic rings. The monoisotopic (exact) mass is 1070 g/mol. The van der Waals surface area contributed by atoms with Gasteiger partial charge >= 0.3 is 19.8 Å². The van der Waals surface area contributed by atoms with Gasteiger partial charge in [0.05, 0.1) is 27.7 Å². The third-order valence-electron chi connectivity index (χ3n) is 11.6. The molecule has 0 aromatic heterocycles. The van der Waals surface area contributed by atoms with Gasteiger partial charge in [0.1, 0.15) is 19.8 Å². The van der Waals surface area contributed by atoms with Gasteiger partial charge < -0.3 is 18.9 Å². The van der Waals surface area contributed by atoms with E-state index in [-0.39, 0.29) is 26.1 Å². The van der Waals surface area contributed by atoms with Crippen LogP contribution in [0.2, 0.25) is 0 Å². The number of quaternary nitrogens is 1. The first-order valence-corrected chi connectivity index (χ1v) is 30.7. The van der Waals surface area contributed by atoms with Gasteiger partial charge in [0.15, 0.2) is 6.10 Å². The molecule has 0 aromatic carbocycles. The summed E-state index contributed by atoms with van der Waals surface area (Å²) in [6.07, 6.45) is 83.1. The molecule has 0 saturated heterocycles. The molecule has 0 saturated carbocycles. The number of phosphoric acid groups is 1. The summed E-state index contributed by atoms with van der Waals surface area (Å²) in [5.74, 6) is -0.853. The van der Waals surface area contributed by atoms with Crippen LogP contribution in [0.25, 0.3) is 0 Å². The predicted molar refractivity (Wildman–Crippen MR) is 325 cm³/mol. The quantitative estimate of drug-likeness (QED) is 0.0211. The Morgan fingerprint density at radius 3 is 1.05 bits per heavy atom. The van der Waals surface area contributed by atoms with Gasteiger partial charge in [0.2, 0.25) is 0 Å². The number of hydrogen-bond acceptors (Lipinski definition) is 7. The number of ether oxygens (including phenoxy) is 2. The van der Waals surface area contributed by atoms with Gasteiger partial charge in [-0.15, -0.1) is 0 Å². The van der Waals surface area contributed by atoms with E-state index in [1.54, 1.807) is 0 Å². The number of carbonyl (C=O) groups excluding carboxylic acids is 2. The Labute approximate surface area is 465 Å². The zero-order chi connectivity index (χ0) is 55.6. The summed E-state index contributed by atoms with van der Waals surface area (Å²) < 4.78 is 34.5. The van der Waals surface area contributed by atoms with Crippen LogP contribution in [0.1, 0.15) is 194 Å². The molecule has 2 atom stereocenters. The van der Waals surface area contributed by atoms with Crippen LogP contribution in [-0.4, -0.2) is 74.9 Å². The van der Waals surface area contributed by atoms with Crippen molar-refractivity contribution in [3.63, 3.8) is 0 Å². The van der Waals surface area contributed by atoms with Crippen molar-refractivity contribution in [1.82, 2.24) is 0 Å². The lowest BCUT2D eigenvalue weighted by molar-refractivity contribution is -0.870. The molecule has 0 spiro atoms. The molecule has 0 heterocycles. The van der Waals surface area contributed by atoms with Crippen molar-refractivity contribution in [2.75, 3.05) is 47.5 Å². The van der Waals surface area contributed by atoms with E-state index in [0.717, 1.165) is 135 Å². The summed E-state index contributed by atoms with van der Waals surface area (Å²) in [6, 6.07) is 0. The highest BCUT2D eigenvalue weighted by Crippen LogP contribution is 2.43. The molecule has 76 heavy (non-hydrogen) atoms. The Bertz CT molecular complexity index is 1840. The van der Waals surface area contributed by atoms with E-state index in [9.17, 15) is 19.0 Å². The minimum atomic E-state index is -4.41. The zero-order valence-electron chi connectivity index (χ0n) is 48.4. The largest absolute Gasteiger partial charge is 0.472 e. The first-order chi connectivity index (χ1) is 37.0. The molecular formula is C66H107NO8P+. The van der Waals surface area contributed by atoms with Gasteiger partial charge in [0.25, 0.3) is 0 Å². The molecule has 2 unspecified atom stereocenters. The molecule has 0 radical (unpaired) electrons. The van der Waals surface area contributed by atoms with Gasteiger partial charge in [-0.1, -0.05) is 217 Å². The first-order valence-electron chi connectivity index (χ1n) is 29.2. The lowest BCUT2D eigenvalue weighted by Crippen LogP contribution is -2.37. The van der Waals surface area contributed by atoms with Crippen molar-refractivity contribution in [2.24, 2.45) is 0 Å². The van der Waals surface area contributed by atoms with Crippen molar-refractivity contribution in [2.45, 2.75) is 200 Å². The highest BCUT2D eigenvalue weighted by molar-refractivity contribution is 7.47. The van der Waals surface area contributed by atoms with Crippen molar-refractivity contribution in [1.29, 1.82) is 0 Å². The Morgan fingerprint density at radius 1 is 0.408 bits per heavy atom. The fourth-order valence-corrected chi connectivity index (χ4v) is 7.86. The van der Waals surface area contributed by atoms with E-state index in [4.69, 9.17) is 18.5 Å². The van der Waals surface area contributed by atoms with Crippen LogP contribution in [0, 0.1) is 0 Å². The highest BCUT2D eigenvalue weighted by atomic mass is 31.2. The second-order valence-corrected chi connectivity index (χ2v) is 21.4. The van der Waals surface area contributed by atoms with Gasteiger partial charge in [-0.2, -0.15) is 0 Å². The number of likely N-dealkylation sites (N-methyl/N-ethyl adjacent to an activating group) is 1. The van der Waals surface area contributed by atoms with Crippen LogP contribution in [0.15, 0.2) is 158 Å². The topological polar surface area (TPSA) is 108 Å². The standard InChI is InChI=1S/C66H106NO8P/c1-6-8-10-12-14-16-18-20-22-24-25-26-27-28-29-30-31-32-33-34-35-36-37-38-39-40-41-43-45-47-49-51-53-55-57-59-66(69)75-64(63-74-76(70,71)73-61-60-67(3,4)5)62-72-65(68)58-56-54-52-50-48-46-44-42-23-21-19-17-15-13-11-9-7-2/h8-11,14-17,20-23,25-26,28-29,31-32,34-35,37-38,40-41,45,47,64H,6-7,12-13,18-19,24,27,30,33,36,39,42-44,46,48-63H2,1-5H3/p+1/b10-8-,11-9-,16-14-,17-15-,22-20-,23-21-,26-25-,29-28-,32-31-,35-34-,38-37-,41-40-,47-45-. The van der Waals surface area contributed by atoms with Gasteiger partial charge in [0, 0.05) is 12.8 Å². The number of phosphoric ester groups is 1. The lowest BCUT2D eigenvalue weighted by Gasteiger charge is -2.24. The summed E-state index contributed by atoms with van der Waals surface area (Å²) >= 11 is 0. The van der Waals surface area contributed by atoms with E-state index >= 15 is 0 Å². The van der Waals surface area contributed by atoms with Gasteiger partial charge in [-0.05, 0) is 122 Å². The van der Waals surface area contributed by atoms with E-state index in [0.29, 0.717) is 23.9 Å². The fourth-order valence-electron chi connectivity index (χ4n) is 7.11. The van der Waals surface area contributed by atoms with Crippen molar-refractivity contribution in [3.05, 3.63) is 158 Å². The molecule has 9 nitrogen and oxygen atoms in total. The maximum atomic E-state index is 12.8. The predicted octanol–water partition coefficient (Wildman–Crippen LogP) is 18.5. The molecule has 0 rings (SSSR count). The molecule has 0 aliphatic heterocycles. The Balaban J connectivity index is 4.27. The third kappa shape index (κ3) is 58.9. The maximum absolute atomic E-state index is 12.8. The van der Waals surface area contributed by atoms with Crippen molar-refractivity contribution < 1.29 is 42.1 Å². The third-order valence-corrected chi connectivity index (χ3v) is 12.5. The number of carbonyl (C=O) groups is 2. The summed E-state index contributed by atoms with van der Waals surface area (Å²) in [4.78, 5) is 35.7. The second-order valence-electron chi connectivity index (χ2n) is 19.9. The van der Waals surface area contributed by atoms with E-state index < -0.39 is 32.5 Å². The van der Waals surface area contributed by atoms with Crippen LogP contribution >= 0.6 is 7.82 Å². The van der Waals surface area contributed by atoms with Gasteiger partial charge in [-0.3, -0.25) is 18.6 Å². The van der Waals surface area contributed by atoms with Crippen LogP contribution in [0.3, 0.4) is 0 Å². The number of esters is 2. The van der Waals surface area contributed by atoms with E-state index in [2.05, 4.69) is 172 Å². The molecule has 0 aromatic rings. The van der Waals surface area contributed by atoms with E-state index in [1.165, 1.54) is 19.3 Å². The van der Waals surface area contributed by atoms with E-state index in [1.807, 2.05) is 21.1 Å². The minimum Gasteiger partial charge on any atom is -0.462 e. The minimum absolute atomic E-state index is 0.0152. The SMILES string of the molecule is CC/C=C\C/C=C\C/C=C\C/C=C\C/C=C\C/C=C\C/C=C\C/C=C\C/C=C\C/C=C\CCCCCCC(=O)OC(COC(=O)CCCCCCCCC/C=C\C/C=C\C/C=C\CC)COP(=O)(O)OCC[N+](C)(C)C. The number of hydrogen-bond donors (Lipinski definition) is 1. The smallest absolute Gasteiger partial charge is 0.462 e. The summed E-state index contributed by atoms with van der Waals surface area (Å²) in [5, 5.41) is 0. The van der Waals surface area contributed by atoms with Crippen LogP contribution in [0.4, 0.5) is 0 Å². The van der Waals surface area contributed by atoms with Crippen LogP contribution in [-0.2, 0) is 32.7 Å². The maximum Gasteiger partial charge on any atom is 0.472 e. The molecule has 0 bridgehead atoms. The highest BCUT2D eigenvalue weighted by Gasteiger charge is 2.27. The van der Waals surface area contributed by atoms with Crippen molar-refractivity contribution in [3.8, 4) is 0 Å². The normalized spacial score (nSPS) is 14.4. The average molecular weight is 1070 g/mol. The molecule has 10 heteroatoms. The molecular weight excluding hydrogens is 966 g/mol. The molecule has 1 N–H and O–H groups in total. The van der Waals surface area contributed by atoms with Crippen LogP contribution < -0.4 is 0 Å².